The summed E-state index contributed by atoms with van der Waals surface area (Å²) in [4.78, 5) is 30.2. The Labute approximate surface area is 171 Å². The maximum atomic E-state index is 12.2. The molecule has 0 saturated heterocycles. The zero-order valence-electron chi connectivity index (χ0n) is 15.6. The lowest BCUT2D eigenvalue weighted by atomic mass is 10.2. The molecule has 0 N–H and O–H groups in total. The Hall–Kier alpha value is -2.58. The number of aromatic nitrogens is 1. The van der Waals surface area contributed by atoms with Gasteiger partial charge in [-0.1, -0.05) is 42.1 Å². The van der Waals surface area contributed by atoms with Crippen LogP contribution >= 0.6 is 23.1 Å². The van der Waals surface area contributed by atoms with Crippen LogP contribution in [0.25, 0.3) is 10.2 Å². The van der Waals surface area contributed by atoms with Gasteiger partial charge in [0.15, 0.2) is 10.9 Å². The van der Waals surface area contributed by atoms with E-state index in [9.17, 15) is 9.59 Å². The van der Waals surface area contributed by atoms with Crippen molar-refractivity contribution in [3.63, 3.8) is 0 Å². The molecule has 6 nitrogen and oxygen atoms in total. The third kappa shape index (κ3) is 5.24. The molecule has 1 heterocycles. The number of fused-ring (bicyclic) bond motifs is 1. The fourth-order valence-electron chi connectivity index (χ4n) is 2.50. The van der Waals surface area contributed by atoms with Crippen LogP contribution in [0.3, 0.4) is 0 Å². The summed E-state index contributed by atoms with van der Waals surface area (Å²) in [7, 11) is 3.25. The first-order chi connectivity index (χ1) is 13.6. The van der Waals surface area contributed by atoms with E-state index in [4.69, 9.17) is 9.47 Å². The van der Waals surface area contributed by atoms with Gasteiger partial charge in [-0.2, -0.15) is 0 Å². The number of para-hydroxylation sites is 2. The molecular weight excluding hydrogens is 396 g/mol. The van der Waals surface area contributed by atoms with E-state index >= 15 is 0 Å². The van der Waals surface area contributed by atoms with Gasteiger partial charge in [0, 0.05) is 19.2 Å². The van der Waals surface area contributed by atoms with E-state index in [1.807, 2.05) is 48.5 Å². The lowest BCUT2D eigenvalue weighted by molar-refractivity contribution is -0.149. The first kappa shape index (κ1) is 20.2. The number of carbonyl (C=O) groups is 2. The predicted molar refractivity (Wildman–Crippen MR) is 111 cm³/mol. The maximum absolute atomic E-state index is 12.2. The Morgan fingerprint density at radius 1 is 1.14 bits per heavy atom. The summed E-state index contributed by atoms with van der Waals surface area (Å²) in [5.41, 5.74) is 1.80. The largest absolute Gasteiger partial charge is 0.496 e. The molecule has 3 aromatic rings. The van der Waals surface area contributed by atoms with Crippen LogP contribution in [0, 0.1) is 0 Å². The van der Waals surface area contributed by atoms with E-state index in [2.05, 4.69) is 4.98 Å². The summed E-state index contributed by atoms with van der Waals surface area (Å²) < 4.78 is 12.3. The molecule has 8 heteroatoms. The fraction of sp³-hybridized carbons (Fsp3) is 0.250. The normalized spacial score (nSPS) is 10.6. The molecule has 0 saturated carbocycles. The number of ether oxygens (including phenoxy) is 2. The van der Waals surface area contributed by atoms with Gasteiger partial charge in [-0.3, -0.25) is 9.59 Å². The number of methoxy groups -OCH3 is 1. The van der Waals surface area contributed by atoms with E-state index in [0.717, 1.165) is 20.1 Å². The molecule has 0 fully saturated rings. The first-order valence-electron chi connectivity index (χ1n) is 8.56. The van der Waals surface area contributed by atoms with E-state index < -0.39 is 5.97 Å². The van der Waals surface area contributed by atoms with Crippen molar-refractivity contribution in [2.75, 3.05) is 26.5 Å². The number of hydrogen-bond donors (Lipinski definition) is 0. The molecular formula is C20H20N2O4S2. The first-order valence-corrected chi connectivity index (χ1v) is 10.4. The highest BCUT2D eigenvalue weighted by Crippen LogP contribution is 2.29. The molecule has 146 valence electrons. The van der Waals surface area contributed by atoms with Gasteiger partial charge >= 0.3 is 5.97 Å². The highest BCUT2D eigenvalue weighted by molar-refractivity contribution is 8.01. The van der Waals surface area contributed by atoms with Crippen molar-refractivity contribution in [3.05, 3.63) is 54.1 Å². The van der Waals surface area contributed by atoms with Gasteiger partial charge < -0.3 is 14.4 Å². The van der Waals surface area contributed by atoms with Crippen LogP contribution in [0.2, 0.25) is 0 Å². The van der Waals surface area contributed by atoms with Crippen LogP contribution in [0.1, 0.15) is 5.56 Å². The molecule has 0 aliphatic heterocycles. The van der Waals surface area contributed by atoms with Crippen molar-refractivity contribution in [3.8, 4) is 5.75 Å². The number of hydrogen-bond acceptors (Lipinski definition) is 7. The number of thioether (sulfide) groups is 1. The number of thiazole rings is 1. The number of likely N-dealkylation sites (N-methyl/N-ethyl adjacent to an activating group) is 1. The van der Waals surface area contributed by atoms with Gasteiger partial charge in [0.1, 0.15) is 5.75 Å². The van der Waals surface area contributed by atoms with Crippen LogP contribution in [0.5, 0.6) is 5.75 Å². The SMILES string of the molecule is COc1ccccc1CN(C)C(=O)COC(=O)CSc1nc2ccccc2s1. The number of carbonyl (C=O) groups excluding carboxylic acids is 2. The van der Waals surface area contributed by atoms with E-state index in [0.29, 0.717) is 12.3 Å². The minimum absolute atomic E-state index is 0.114. The second-order valence-corrected chi connectivity index (χ2v) is 8.21. The summed E-state index contributed by atoms with van der Waals surface area (Å²) in [5, 5.41) is 0. The minimum atomic E-state index is -0.441. The van der Waals surface area contributed by atoms with Crippen LogP contribution in [-0.2, 0) is 20.9 Å². The summed E-state index contributed by atoms with van der Waals surface area (Å²) >= 11 is 2.84. The Morgan fingerprint density at radius 2 is 1.89 bits per heavy atom. The Balaban J connectivity index is 1.45. The van der Waals surface area contributed by atoms with Gasteiger partial charge in [-0.25, -0.2) is 4.98 Å². The molecule has 1 aromatic heterocycles. The zero-order valence-corrected chi connectivity index (χ0v) is 17.2. The highest BCUT2D eigenvalue weighted by atomic mass is 32.2. The Morgan fingerprint density at radius 3 is 2.68 bits per heavy atom. The lowest BCUT2D eigenvalue weighted by Gasteiger charge is -2.18. The molecule has 1 amide bonds. The number of benzene rings is 2. The maximum Gasteiger partial charge on any atom is 0.316 e. The number of rotatable bonds is 8. The number of esters is 1. The van der Waals surface area contributed by atoms with Gasteiger partial charge in [0.25, 0.3) is 5.91 Å². The molecule has 0 radical (unpaired) electrons. The van der Waals surface area contributed by atoms with E-state index in [1.165, 1.54) is 28.0 Å². The van der Waals surface area contributed by atoms with Crippen molar-refractivity contribution in [1.82, 2.24) is 9.88 Å². The second-order valence-electron chi connectivity index (χ2n) is 5.96. The summed E-state index contributed by atoms with van der Waals surface area (Å²) in [6.45, 7) is 0.0890. The molecule has 0 spiro atoms. The average Bonchev–Trinajstić information content (AvgIpc) is 3.13. The van der Waals surface area contributed by atoms with Crippen LogP contribution in [0.15, 0.2) is 52.9 Å². The average molecular weight is 417 g/mol. The minimum Gasteiger partial charge on any atom is -0.496 e. The van der Waals surface area contributed by atoms with E-state index in [-0.39, 0.29) is 18.3 Å². The van der Waals surface area contributed by atoms with Crippen molar-refractivity contribution < 1.29 is 19.1 Å². The van der Waals surface area contributed by atoms with Gasteiger partial charge in [0.05, 0.1) is 23.1 Å². The molecule has 3 rings (SSSR count). The molecule has 0 atom stereocenters. The van der Waals surface area contributed by atoms with Crippen LogP contribution in [0.4, 0.5) is 0 Å². The molecule has 0 unspecified atom stereocenters. The molecule has 2 aromatic carbocycles. The summed E-state index contributed by atoms with van der Waals surface area (Å²) in [5.74, 6) is 0.113. The summed E-state index contributed by atoms with van der Waals surface area (Å²) in [6, 6.07) is 15.3. The van der Waals surface area contributed by atoms with Gasteiger partial charge in [-0.05, 0) is 18.2 Å². The third-order valence-electron chi connectivity index (χ3n) is 3.97. The van der Waals surface area contributed by atoms with E-state index in [1.54, 1.807) is 14.2 Å². The molecule has 0 aliphatic rings. The Kier molecular flexibility index (Phi) is 6.89. The van der Waals surface area contributed by atoms with Crippen molar-refractivity contribution in [1.29, 1.82) is 0 Å². The van der Waals surface area contributed by atoms with Crippen LogP contribution < -0.4 is 4.74 Å². The smallest absolute Gasteiger partial charge is 0.316 e. The third-order valence-corrected chi connectivity index (χ3v) is 6.12. The fourth-order valence-corrected chi connectivity index (χ4v) is 4.37. The standard InChI is InChI=1S/C20H20N2O4S2/c1-22(11-14-7-3-5-9-16(14)25-2)18(23)12-26-19(24)13-27-20-21-15-8-4-6-10-17(15)28-20/h3-10H,11-13H2,1-2H3. The van der Waals surface area contributed by atoms with Gasteiger partial charge in [-0.15, -0.1) is 11.3 Å². The number of amides is 1. The monoisotopic (exact) mass is 416 g/mol. The zero-order chi connectivity index (χ0) is 19.9. The molecule has 0 bridgehead atoms. The lowest BCUT2D eigenvalue weighted by Crippen LogP contribution is -2.31. The van der Waals surface area contributed by atoms with Crippen molar-refractivity contribution in [2.45, 2.75) is 10.9 Å². The Bertz CT molecular complexity index is 941. The molecule has 28 heavy (non-hydrogen) atoms. The molecule has 0 aliphatic carbocycles. The van der Waals surface area contributed by atoms with Crippen LogP contribution in [-0.4, -0.2) is 48.3 Å². The summed E-state index contributed by atoms with van der Waals surface area (Å²) in [6.07, 6.45) is 0. The predicted octanol–water partition coefficient (Wildman–Crippen LogP) is 3.60. The topological polar surface area (TPSA) is 68.7 Å². The van der Waals surface area contributed by atoms with Gasteiger partial charge in [0.2, 0.25) is 0 Å². The van der Waals surface area contributed by atoms with Crippen molar-refractivity contribution in [2.24, 2.45) is 0 Å². The quantitative estimate of drug-likeness (QED) is 0.413. The number of nitrogens with zero attached hydrogens (tertiary/aromatic N) is 2. The van der Waals surface area contributed by atoms with Crippen molar-refractivity contribution >= 4 is 45.2 Å². The second kappa shape index (κ2) is 9.57. The highest BCUT2D eigenvalue weighted by Gasteiger charge is 2.15.